The predicted octanol–water partition coefficient (Wildman–Crippen LogP) is 2.96. The highest BCUT2D eigenvalue weighted by Crippen LogP contribution is 2.44. The minimum Gasteiger partial charge on any atom is -0.381 e. The van der Waals surface area contributed by atoms with Crippen molar-refractivity contribution in [2.24, 2.45) is 0 Å². The molecule has 0 atom stereocenters. The van der Waals surface area contributed by atoms with Crippen LogP contribution in [0.5, 0.6) is 0 Å². The number of rotatable bonds is 5. The van der Waals surface area contributed by atoms with Crippen LogP contribution in [-0.2, 0) is 10.2 Å². The van der Waals surface area contributed by atoms with Crippen LogP contribution in [0.1, 0.15) is 42.1 Å². The monoisotopic (exact) mass is 218 g/mol. The summed E-state index contributed by atoms with van der Waals surface area (Å²) in [6.45, 7) is 3.56. The van der Waals surface area contributed by atoms with E-state index in [0.717, 1.165) is 25.1 Å². The molecule has 1 fully saturated rings. The molecular formula is C14H18O2. The van der Waals surface area contributed by atoms with Gasteiger partial charge in [0.25, 0.3) is 0 Å². The van der Waals surface area contributed by atoms with Gasteiger partial charge in [0.05, 0.1) is 6.61 Å². The Morgan fingerprint density at radius 1 is 1.44 bits per heavy atom. The largest absolute Gasteiger partial charge is 0.381 e. The summed E-state index contributed by atoms with van der Waals surface area (Å²) in [5.41, 5.74) is 2.20. The van der Waals surface area contributed by atoms with Gasteiger partial charge >= 0.3 is 0 Å². The number of benzene rings is 1. The molecule has 86 valence electrons. The van der Waals surface area contributed by atoms with Gasteiger partial charge < -0.3 is 4.74 Å². The molecule has 1 aromatic rings. The van der Waals surface area contributed by atoms with Gasteiger partial charge in [-0.1, -0.05) is 24.6 Å². The lowest BCUT2D eigenvalue weighted by atomic mass is 9.65. The zero-order chi connectivity index (χ0) is 11.4. The quantitative estimate of drug-likeness (QED) is 0.710. The van der Waals surface area contributed by atoms with Crippen molar-refractivity contribution in [3.63, 3.8) is 0 Å². The maximum absolute atomic E-state index is 10.8. The van der Waals surface area contributed by atoms with Gasteiger partial charge in [0.2, 0.25) is 0 Å². The van der Waals surface area contributed by atoms with Crippen molar-refractivity contribution in [3.05, 3.63) is 35.4 Å². The summed E-state index contributed by atoms with van der Waals surface area (Å²) in [6, 6.07) is 7.94. The van der Waals surface area contributed by atoms with Gasteiger partial charge in [-0.25, -0.2) is 0 Å². The Kier molecular flexibility index (Phi) is 3.39. The van der Waals surface area contributed by atoms with E-state index in [0.29, 0.717) is 0 Å². The zero-order valence-electron chi connectivity index (χ0n) is 9.74. The van der Waals surface area contributed by atoms with E-state index in [1.54, 1.807) is 0 Å². The van der Waals surface area contributed by atoms with E-state index in [2.05, 4.69) is 6.07 Å². The molecule has 0 heterocycles. The average molecular weight is 218 g/mol. The van der Waals surface area contributed by atoms with Crippen LogP contribution in [0.4, 0.5) is 0 Å². The lowest BCUT2D eigenvalue weighted by Crippen LogP contribution is -2.39. The molecule has 16 heavy (non-hydrogen) atoms. The minimum atomic E-state index is 0.176. The van der Waals surface area contributed by atoms with Gasteiger partial charge in [-0.3, -0.25) is 4.79 Å². The SMILES string of the molecule is CCOCC1(c2cccc(C=O)c2)CCC1. The first kappa shape index (κ1) is 11.3. The molecule has 0 amide bonds. The van der Waals surface area contributed by atoms with Gasteiger partial charge in [0.1, 0.15) is 6.29 Å². The zero-order valence-corrected chi connectivity index (χ0v) is 9.74. The Hall–Kier alpha value is -1.15. The summed E-state index contributed by atoms with van der Waals surface area (Å²) in [5.74, 6) is 0. The number of carbonyl (C=O) groups is 1. The molecule has 0 aliphatic heterocycles. The fourth-order valence-corrected chi connectivity index (χ4v) is 2.36. The van der Waals surface area contributed by atoms with E-state index >= 15 is 0 Å². The molecule has 1 saturated carbocycles. The Balaban J connectivity index is 2.21. The fraction of sp³-hybridized carbons (Fsp3) is 0.500. The lowest BCUT2D eigenvalue weighted by molar-refractivity contribution is 0.0521. The molecule has 0 radical (unpaired) electrons. The van der Waals surface area contributed by atoms with Crippen LogP contribution in [0.15, 0.2) is 24.3 Å². The third kappa shape index (κ3) is 2.03. The lowest BCUT2D eigenvalue weighted by Gasteiger charge is -2.42. The van der Waals surface area contributed by atoms with Crippen molar-refractivity contribution >= 4 is 6.29 Å². The Morgan fingerprint density at radius 2 is 2.25 bits per heavy atom. The van der Waals surface area contributed by atoms with E-state index in [1.807, 2.05) is 25.1 Å². The van der Waals surface area contributed by atoms with Gasteiger partial charge in [-0.05, 0) is 31.4 Å². The first-order valence-corrected chi connectivity index (χ1v) is 5.94. The van der Waals surface area contributed by atoms with Crippen molar-refractivity contribution in [1.29, 1.82) is 0 Å². The second-order valence-electron chi connectivity index (χ2n) is 4.51. The molecule has 0 saturated heterocycles. The maximum Gasteiger partial charge on any atom is 0.150 e. The molecule has 0 spiro atoms. The predicted molar refractivity (Wildman–Crippen MR) is 63.9 cm³/mol. The molecule has 1 aromatic carbocycles. The average Bonchev–Trinajstić information content (AvgIpc) is 2.28. The summed E-state index contributed by atoms with van der Waals surface area (Å²) in [6.07, 6.45) is 4.53. The second kappa shape index (κ2) is 4.79. The van der Waals surface area contributed by atoms with E-state index in [4.69, 9.17) is 4.74 Å². The van der Waals surface area contributed by atoms with E-state index in [-0.39, 0.29) is 5.41 Å². The van der Waals surface area contributed by atoms with Crippen molar-refractivity contribution in [2.45, 2.75) is 31.6 Å². The van der Waals surface area contributed by atoms with Gasteiger partial charge in [0, 0.05) is 17.6 Å². The van der Waals surface area contributed by atoms with Crippen LogP contribution in [0.25, 0.3) is 0 Å². The summed E-state index contributed by atoms with van der Waals surface area (Å²) in [7, 11) is 0. The number of hydrogen-bond donors (Lipinski definition) is 0. The van der Waals surface area contributed by atoms with E-state index < -0.39 is 0 Å². The first-order chi connectivity index (χ1) is 7.80. The van der Waals surface area contributed by atoms with Crippen molar-refractivity contribution < 1.29 is 9.53 Å². The molecule has 0 aromatic heterocycles. The topological polar surface area (TPSA) is 26.3 Å². The van der Waals surface area contributed by atoms with Crippen LogP contribution >= 0.6 is 0 Å². The maximum atomic E-state index is 10.8. The number of aldehydes is 1. The summed E-state index contributed by atoms with van der Waals surface area (Å²) in [4.78, 5) is 10.8. The first-order valence-electron chi connectivity index (χ1n) is 5.94. The van der Waals surface area contributed by atoms with Crippen molar-refractivity contribution in [2.75, 3.05) is 13.2 Å². The van der Waals surface area contributed by atoms with Crippen LogP contribution in [0.2, 0.25) is 0 Å². The smallest absolute Gasteiger partial charge is 0.150 e. The standard InChI is InChI=1S/C14H18O2/c1-2-16-11-14(7-4-8-14)13-6-3-5-12(9-13)10-15/h3,5-6,9-10H,2,4,7-8,11H2,1H3. The van der Waals surface area contributed by atoms with Crippen molar-refractivity contribution in [1.82, 2.24) is 0 Å². The Morgan fingerprint density at radius 3 is 2.81 bits per heavy atom. The Labute approximate surface area is 96.6 Å². The van der Waals surface area contributed by atoms with Gasteiger partial charge in [-0.15, -0.1) is 0 Å². The molecule has 0 unspecified atom stereocenters. The van der Waals surface area contributed by atoms with Crippen LogP contribution in [-0.4, -0.2) is 19.5 Å². The molecular weight excluding hydrogens is 200 g/mol. The van der Waals surface area contributed by atoms with Crippen LogP contribution < -0.4 is 0 Å². The third-order valence-corrected chi connectivity index (χ3v) is 3.53. The van der Waals surface area contributed by atoms with Gasteiger partial charge in [-0.2, -0.15) is 0 Å². The highest BCUT2D eigenvalue weighted by Gasteiger charge is 2.38. The molecule has 0 bridgehead atoms. The highest BCUT2D eigenvalue weighted by atomic mass is 16.5. The minimum absolute atomic E-state index is 0.176. The van der Waals surface area contributed by atoms with Gasteiger partial charge in [0.15, 0.2) is 0 Å². The number of ether oxygens (including phenoxy) is 1. The van der Waals surface area contributed by atoms with E-state index in [9.17, 15) is 4.79 Å². The molecule has 1 aliphatic carbocycles. The fourth-order valence-electron chi connectivity index (χ4n) is 2.36. The molecule has 2 heteroatoms. The molecule has 1 aliphatic rings. The molecule has 0 N–H and O–H groups in total. The normalized spacial score (nSPS) is 17.8. The number of carbonyl (C=O) groups excluding carboxylic acids is 1. The Bertz CT molecular complexity index is 367. The van der Waals surface area contributed by atoms with Crippen LogP contribution in [0, 0.1) is 0 Å². The summed E-state index contributed by atoms with van der Waals surface area (Å²) >= 11 is 0. The summed E-state index contributed by atoms with van der Waals surface area (Å²) < 4.78 is 5.58. The van der Waals surface area contributed by atoms with E-state index in [1.165, 1.54) is 24.8 Å². The summed E-state index contributed by atoms with van der Waals surface area (Å²) in [5, 5.41) is 0. The van der Waals surface area contributed by atoms with Crippen molar-refractivity contribution in [3.8, 4) is 0 Å². The molecule has 2 rings (SSSR count). The molecule has 2 nitrogen and oxygen atoms in total. The third-order valence-electron chi connectivity index (χ3n) is 3.53. The van der Waals surface area contributed by atoms with Crippen LogP contribution in [0.3, 0.4) is 0 Å². The second-order valence-corrected chi connectivity index (χ2v) is 4.51. The number of hydrogen-bond acceptors (Lipinski definition) is 2. The highest BCUT2D eigenvalue weighted by molar-refractivity contribution is 5.75.